The first-order valence-electron chi connectivity index (χ1n) is 37.7. The zero-order chi connectivity index (χ0) is 82.5. The van der Waals surface area contributed by atoms with Crippen LogP contribution in [0.3, 0.4) is 0 Å². The van der Waals surface area contributed by atoms with Crippen molar-refractivity contribution in [2.45, 2.75) is 110 Å². The second-order valence-corrected chi connectivity index (χ2v) is 34.2. The number of aromatic hydroxyl groups is 1. The Morgan fingerprint density at radius 2 is 1.03 bits per heavy atom. The number of hydrogen-bond donors (Lipinski definition) is 4. The summed E-state index contributed by atoms with van der Waals surface area (Å²) in [5, 5.41) is 25.7. The molecule has 15 rings (SSSR count). The Bertz CT molecular complexity index is 5020. The Balaban J connectivity index is 0.000000167. The number of alkyl halides is 7. The molecule has 2 unspecified atom stereocenters. The van der Waals surface area contributed by atoms with E-state index in [2.05, 4.69) is 171 Å². The van der Waals surface area contributed by atoms with Crippen LogP contribution in [0, 0.1) is 20.8 Å². The van der Waals surface area contributed by atoms with E-state index >= 15 is 0 Å². The van der Waals surface area contributed by atoms with Gasteiger partial charge in [0, 0.05) is 42.3 Å². The van der Waals surface area contributed by atoms with Crippen molar-refractivity contribution in [3.05, 3.63) is 396 Å². The number of nitrogens with zero attached hydrogens (tertiary/aromatic N) is 6. The van der Waals surface area contributed by atoms with Gasteiger partial charge in [-0.15, -0.1) is 11.6 Å². The summed E-state index contributed by atoms with van der Waals surface area (Å²) in [7, 11) is -0.446. The largest absolute Gasteiger partial charge is 0.508 e. The molecule has 0 saturated heterocycles. The van der Waals surface area contributed by atoms with E-state index in [1.165, 1.54) is 63.0 Å². The summed E-state index contributed by atoms with van der Waals surface area (Å²) in [6, 6.07) is 99.1. The van der Waals surface area contributed by atoms with E-state index in [-0.39, 0.29) is 30.3 Å². The summed E-state index contributed by atoms with van der Waals surface area (Å²) in [6.07, 6.45) is 17.9. The topological polar surface area (TPSA) is 195 Å². The van der Waals surface area contributed by atoms with Crippen LogP contribution in [0.15, 0.2) is 338 Å². The molecule has 9 aromatic carbocycles. The van der Waals surface area contributed by atoms with E-state index < -0.39 is 21.3 Å². The lowest BCUT2D eigenvalue weighted by molar-refractivity contribution is -0.117. The molecular formula is C95H92Cl7N8O5P. The summed E-state index contributed by atoms with van der Waals surface area (Å²) in [6.45, 7) is 6.96. The fourth-order valence-corrected chi connectivity index (χ4v) is 15.9. The molecule has 116 heavy (non-hydrogen) atoms. The summed E-state index contributed by atoms with van der Waals surface area (Å²) < 4.78 is 3.36. The van der Waals surface area contributed by atoms with E-state index in [9.17, 15) is 14.7 Å². The number of aliphatic hydroxyl groups is 1. The van der Waals surface area contributed by atoms with Gasteiger partial charge in [-0.05, 0) is 171 Å². The Kier molecular flexibility index (Phi) is 36.8. The Labute approximate surface area is 716 Å². The van der Waals surface area contributed by atoms with Crippen molar-refractivity contribution in [1.29, 1.82) is 0 Å². The van der Waals surface area contributed by atoms with E-state index in [4.69, 9.17) is 101 Å². The number of nitrogens with two attached hydrogens (primary N) is 1. The third-order valence-electron chi connectivity index (χ3n) is 18.2. The number of carbonyl (C=O) groups excluding carboxylic acids is 2. The lowest BCUT2D eigenvalue weighted by atomic mass is 9.95. The number of phenolic OH excluding ortho intramolecular Hbond substituents is 1. The number of ketones is 1. The van der Waals surface area contributed by atoms with Crippen LogP contribution >= 0.6 is 89.1 Å². The van der Waals surface area contributed by atoms with Gasteiger partial charge in [-0.25, -0.2) is 4.98 Å². The number of aliphatic hydroxyl groups excluding tert-OH is 1. The lowest BCUT2D eigenvalue weighted by Crippen LogP contribution is -2.31. The van der Waals surface area contributed by atoms with Crippen LogP contribution < -0.4 is 27.0 Å². The van der Waals surface area contributed by atoms with Crippen LogP contribution in [0.1, 0.15) is 122 Å². The number of imidazole rings is 1. The maximum atomic E-state index is 13.5. The molecule has 0 spiro atoms. The van der Waals surface area contributed by atoms with Crippen molar-refractivity contribution >= 4 is 134 Å². The Morgan fingerprint density at radius 3 is 1.50 bits per heavy atom. The lowest BCUT2D eigenvalue weighted by Gasteiger charge is -2.25. The molecule has 1 aliphatic carbocycles. The molecule has 14 aromatic rings. The first kappa shape index (κ1) is 90.1. The number of fused-ring (bicyclic) bond motifs is 1. The fraction of sp³-hybridized carbons (Fsp3) is 0.189. The van der Waals surface area contributed by atoms with Gasteiger partial charge in [-0.2, -0.15) is 0 Å². The van der Waals surface area contributed by atoms with Gasteiger partial charge in [-0.3, -0.25) is 29.5 Å². The summed E-state index contributed by atoms with van der Waals surface area (Å²) in [4.78, 5) is 46.5. The highest BCUT2D eigenvalue weighted by Gasteiger charge is 2.44. The van der Waals surface area contributed by atoms with Crippen LogP contribution in [0.4, 0.5) is 0 Å². The van der Waals surface area contributed by atoms with Crippen molar-refractivity contribution in [3.8, 4) is 17.1 Å². The number of carbonyl (C=O) groups is 2. The minimum atomic E-state index is -2.18. The van der Waals surface area contributed by atoms with Gasteiger partial charge in [0.15, 0.2) is 0 Å². The third kappa shape index (κ3) is 30.0. The quantitative estimate of drug-likeness (QED) is 0.0365. The molecule has 1 fully saturated rings. The van der Waals surface area contributed by atoms with Crippen LogP contribution in [0.25, 0.3) is 22.4 Å². The average Bonchev–Trinajstić information content (AvgIpc) is 1.61. The number of halogens is 7. The number of amides is 1. The predicted molar refractivity (Wildman–Crippen MR) is 482 cm³/mol. The molecule has 0 radical (unpaired) electrons. The van der Waals surface area contributed by atoms with Gasteiger partial charge in [-0.1, -0.05) is 330 Å². The van der Waals surface area contributed by atoms with E-state index in [0.29, 0.717) is 30.5 Å². The van der Waals surface area contributed by atoms with E-state index in [0.717, 1.165) is 75.5 Å². The number of phenols is 1. The van der Waals surface area contributed by atoms with Crippen LogP contribution in [0.5, 0.6) is 5.75 Å². The molecule has 1 amide bonds. The molecule has 5 heterocycles. The highest BCUT2D eigenvalue weighted by atomic mass is 35.6. The first-order valence-corrected chi connectivity index (χ1v) is 41.9. The van der Waals surface area contributed by atoms with Crippen molar-refractivity contribution in [3.63, 3.8) is 0 Å². The van der Waals surface area contributed by atoms with Crippen LogP contribution in [0.2, 0.25) is 0 Å². The second-order valence-electron chi connectivity index (χ2n) is 27.1. The average molecular weight is 1700 g/mol. The standard InChI is InChI=1S/C31H30N4O3.C18H15P.C14H16N2.C13H12N2.C8H9Cl.C8H10O.C3Cl6O/c36-25-12-9-21(10-13-25)18-27(26-8-4-5-16-32-26)34-31(37)22-11-14-29-28(19-22)33-30(23-15-17-38-20-23)35(29)24-6-2-1-3-7-24;1-4-10-16(11-5-1)19(17-12-6-2-7-13-17)18-14-8-3-9-15-18;1-11-5-7-12(8-6-11)10-13(15)14-4-2-3-9-16-14;1-2-6-12(7-3-1)10-14-11-13-8-4-5-9-15-13;2*1-7-2-4-8(6-9)5-3-7;4-2(5,6)1(10)3(7,8)9/h4-5,8-17,19-20,24,27,36H,1-3,6-7,18H2,(H,34,37);1-15H;2-9,13H,10,15H2,1H3;1-10H,11H2;2-5H,6H2,1H3;2-5,9H,6H2,1H3;. The number of furan rings is 1. The molecule has 5 aromatic heterocycles. The molecule has 1 aliphatic rings. The van der Waals surface area contributed by atoms with Gasteiger partial charge < -0.3 is 30.2 Å². The summed E-state index contributed by atoms with van der Waals surface area (Å²) >= 11 is 36.2. The number of nitrogens with one attached hydrogen (secondary N) is 1. The Hall–Kier alpha value is -9.83. The molecule has 13 nitrogen and oxygen atoms in total. The molecule has 0 bridgehead atoms. The summed E-state index contributed by atoms with van der Waals surface area (Å²) in [5.74, 6) is 0.438. The van der Waals surface area contributed by atoms with Crippen molar-refractivity contribution < 1.29 is 24.2 Å². The van der Waals surface area contributed by atoms with Crippen LogP contribution in [-0.2, 0) is 36.7 Å². The molecule has 596 valence electrons. The monoisotopic (exact) mass is 1700 g/mol. The normalized spacial score (nSPS) is 12.4. The number of rotatable bonds is 18. The maximum Gasteiger partial charge on any atom is 0.253 e. The molecule has 5 N–H and O–H groups in total. The smallest absolute Gasteiger partial charge is 0.253 e. The highest BCUT2D eigenvalue weighted by molar-refractivity contribution is 7.79. The van der Waals surface area contributed by atoms with Gasteiger partial charge in [0.1, 0.15) is 17.8 Å². The SMILES string of the molecule is C(=NCc1ccccn1)c1ccccc1.Cc1ccc(CC(N)c2ccccn2)cc1.Cc1ccc(CCl)cc1.Cc1ccc(CO)cc1.O=C(C(Cl)(Cl)Cl)C(Cl)(Cl)Cl.O=C(NC(Cc1ccc(O)cc1)c1ccccn1)c1ccc2c(c1)nc(-c1ccoc1)n2C1CCCCC1.c1ccc(P(c2ccccc2)c2ccccc2)cc1. The minimum absolute atomic E-state index is 0.0242. The van der Waals surface area contributed by atoms with Crippen LogP contribution in [-0.4, -0.2) is 60.2 Å². The minimum Gasteiger partial charge on any atom is -0.508 e. The number of pyridine rings is 3. The van der Waals surface area contributed by atoms with Gasteiger partial charge >= 0.3 is 0 Å². The Morgan fingerprint density at radius 1 is 0.560 bits per heavy atom. The number of aliphatic imine (C=N–C) groups is 1. The van der Waals surface area contributed by atoms with Gasteiger partial charge in [0.2, 0.25) is 5.78 Å². The van der Waals surface area contributed by atoms with Crippen molar-refractivity contribution in [2.75, 3.05) is 0 Å². The molecule has 21 heteroatoms. The zero-order valence-corrected chi connectivity index (χ0v) is 70.7. The predicted octanol–water partition coefficient (Wildman–Crippen LogP) is 22.9. The van der Waals surface area contributed by atoms with Gasteiger partial charge in [0.25, 0.3) is 13.5 Å². The number of hydrogen-bond acceptors (Lipinski definition) is 11. The van der Waals surface area contributed by atoms with Crippen molar-refractivity contribution in [2.24, 2.45) is 10.7 Å². The van der Waals surface area contributed by atoms with Crippen molar-refractivity contribution in [1.82, 2.24) is 29.8 Å². The molecule has 1 saturated carbocycles. The zero-order valence-electron chi connectivity index (χ0n) is 64.5. The fourth-order valence-electron chi connectivity index (χ4n) is 12.1. The summed E-state index contributed by atoms with van der Waals surface area (Å²) in [5.41, 5.74) is 21.5. The number of aryl methyl sites for hydroxylation is 3. The molecule has 2 atom stereocenters. The number of benzene rings is 9. The first-order chi connectivity index (χ1) is 56.1. The molecule has 0 aliphatic heterocycles. The third-order valence-corrected chi connectivity index (χ3v) is 22.0. The van der Waals surface area contributed by atoms with Gasteiger partial charge in [0.05, 0.1) is 65.2 Å². The maximum absolute atomic E-state index is 13.5. The highest BCUT2D eigenvalue weighted by Crippen LogP contribution is 2.40. The number of Topliss-reactive ketones (excluding diaryl/α,β-unsaturated/α-hetero) is 1. The number of aromatic nitrogens is 5. The van der Waals surface area contributed by atoms with E-state index in [1.54, 1.807) is 43.2 Å². The molecular weight excluding hydrogens is 1610 g/mol. The second kappa shape index (κ2) is 47.4. The van der Waals surface area contributed by atoms with E-state index in [1.807, 2.05) is 171 Å².